The quantitative estimate of drug-likeness (QED) is 0.526. The SMILES string of the molecule is COc1ccc(Cc2nc(Cc3[nH]nc4ccccc34)n(CCO)n2)cc1. The third-order valence-corrected chi connectivity index (χ3v) is 4.50. The van der Waals surface area contributed by atoms with E-state index in [1.165, 1.54) is 0 Å². The van der Waals surface area contributed by atoms with Crippen molar-refractivity contribution in [1.82, 2.24) is 25.0 Å². The van der Waals surface area contributed by atoms with Gasteiger partial charge in [-0.25, -0.2) is 9.67 Å². The number of nitrogens with one attached hydrogen (secondary N) is 1. The van der Waals surface area contributed by atoms with Crippen LogP contribution < -0.4 is 4.74 Å². The number of methoxy groups -OCH3 is 1. The summed E-state index contributed by atoms with van der Waals surface area (Å²) in [5.74, 6) is 2.36. The number of ether oxygens (including phenoxy) is 1. The molecule has 0 spiro atoms. The first-order valence-electron chi connectivity index (χ1n) is 8.85. The molecule has 4 rings (SSSR count). The molecule has 0 atom stereocenters. The van der Waals surface area contributed by atoms with Crippen LogP contribution in [0.25, 0.3) is 10.9 Å². The van der Waals surface area contributed by atoms with E-state index in [9.17, 15) is 5.11 Å². The zero-order valence-electron chi connectivity index (χ0n) is 15.1. The van der Waals surface area contributed by atoms with Crippen molar-refractivity contribution in [3.63, 3.8) is 0 Å². The van der Waals surface area contributed by atoms with Gasteiger partial charge in [0.2, 0.25) is 0 Å². The van der Waals surface area contributed by atoms with Crippen molar-refractivity contribution in [2.75, 3.05) is 13.7 Å². The Morgan fingerprint density at radius 3 is 2.67 bits per heavy atom. The molecule has 2 aromatic carbocycles. The highest BCUT2D eigenvalue weighted by atomic mass is 16.5. The highest BCUT2D eigenvalue weighted by Gasteiger charge is 2.14. The van der Waals surface area contributed by atoms with Gasteiger partial charge in [0.05, 0.1) is 31.5 Å². The molecule has 0 unspecified atom stereocenters. The zero-order chi connectivity index (χ0) is 18.6. The van der Waals surface area contributed by atoms with Crippen LogP contribution in [-0.2, 0) is 19.4 Å². The van der Waals surface area contributed by atoms with Crippen LogP contribution in [0, 0.1) is 0 Å². The summed E-state index contributed by atoms with van der Waals surface area (Å²) in [6, 6.07) is 15.8. The Labute approximate surface area is 156 Å². The van der Waals surface area contributed by atoms with Crippen molar-refractivity contribution in [3.8, 4) is 5.75 Å². The average Bonchev–Trinajstić information content (AvgIpc) is 3.27. The van der Waals surface area contributed by atoms with E-state index in [0.29, 0.717) is 19.4 Å². The van der Waals surface area contributed by atoms with Gasteiger partial charge in [-0.2, -0.15) is 10.2 Å². The first-order valence-corrected chi connectivity index (χ1v) is 8.85. The van der Waals surface area contributed by atoms with Gasteiger partial charge in [0.25, 0.3) is 0 Å². The van der Waals surface area contributed by atoms with E-state index in [1.807, 2.05) is 48.5 Å². The molecule has 7 nitrogen and oxygen atoms in total. The summed E-state index contributed by atoms with van der Waals surface area (Å²) in [6.07, 6.45) is 1.20. The van der Waals surface area contributed by atoms with E-state index in [1.54, 1.807) is 11.8 Å². The molecule has 0 amide bonds. The Kier molecular flexibility index (Phi) is 4.84. The molecular weight excluding hydrogens is 342 g/mol. The molecule has 27 heavy (non-hydrogen) atoms. The number of hydrogen-bond donors (Lipinski definition) is 2. The number of aromatic amines is 1. The van der Waals surface area contributed by atoms with Crippen LogP contribution in [0.1, 0.15) is 22.9 Å². The highest BCUT2D eigenvalue weighted by molar-refractivity contribution is 5.81. The highest BCUT2D eigenvalue weighted by Crippen LogP contribution is 2.19. The summed E-state index contributed by atoms with van der Waals surface area (Å²) in [7, 11) is 1.65. The Balaban J connectivity index is 1.59. The Morgan fingerprint density at radius 1 is 1.07 bits per heavy atom. The minimum Gasteiger partial charge on any atom is -0.497 e. The standard InChI is InChI=1S/C20H21N5O2/c1-27-15-8-6-14(7-9-15)12-19-21-20(25(24-19)10-11-26)13-18-16-4-2-3-5-17(16)22-23-18/h2-9,26H,10-13H2,1H3,(H,22,23). The van der Waals surface area contributed by atoms with E-state index >= 15 is 0 Å². The Hall–Kier alpha value is -3.19. The van der Waals surface area contributed by atoms with E-state index in [0.717, 1.165) is 39.6 Å². The summed E-state index contributed by atoms with van der Waals surface area (Å²) in [5.41, 5.74) is 3.03. The van der Waals surface area contributed by atoms with E-state index in [-0.39, 0.29) is 6.61 Å². The molecule has 7 heteroatoms. The van der Waals surface area contributed by atoms with Crippen LogP contribution in [0.2, 0.25) is 0 Å². The lowest BCUT2D eigenvalue weighted by Crippen LogP contribution is -2.09. The van der Waals surface area contributed by atoms with Crippen molar-refractivity contribution < 1.29 is 9.84 Å². The topological polar surface area (TPSA) is 88.8 Å². The van der Waals surface area contributed by atoms with Crippen molar-refractivity contribution in [1.29, 1.82) is 0 Å². The van der Waals surface area contributed by atoms with E-state index in [4.69, 9.17) is 9.72 Å². The number of rotatable bonds is 7. The van der Waals surface area contributed by atoms with E-state index < -0.39 is 0 Å². The molecule has 2 N–H and O–H groups in total. The molecule has 2 aromatic heterocycles. The number of aromatic nitrogens is 5. The molecular formula is C20H21N5O2. The Morgan fingerprint density at radius 2 is 1.89 bits per heavy atom. The van der Waals surface area contributed by atoms with Crippen molar-refractivity contribution >= 4 is 10.9 Å². The first-order chi connectivity index (χ1) is 13.3. The predicted molar refractivity (Wildman–Crippen MR) is 102 cm³/mol. The molecule has 0 bridgehead atoms. The van der Waals surface area contributed by atoms with Gasteiger partial charge in [-0.05, 0) is 23.8 Å². The summed E-state index contributed by atoms with van der Waals surface area (Å²) in [6.45, 7) is 0.430. The van der Waals surface area contributed by atoms with Gasteiger partial charge in [0.1, 0.15) is 11.6 Å². The molecule has 4 aromatic rings. The second-order valence-electron chi connectivity index (χ2n) is 6.31. The summed E-state index contributed by atoms with van der Waals surface area (Å²) < 4.78 is 6.97. The first kappa shape index (κ1) is 17.2. The number of aliphatic hydroxyl groups is 1. The summed E-state index contributed by atoms with van der Waals surface area (Å²) in [4.78, 5) is 4.71. The maximum atomic E-state index is 9.38. The molecule has 0 aliphatic carbocycles. The maximum absolute atomic E-state index is 9.38. The van der Waals surface area contributed by atoms with Gasteiger partial charge in [0, 0.05) is 18.2 Å². The lowest BCUT2D eigenvalue weighted by atomic mass is 10.1. The summed E-state index contributed by atoms with van der Waals surface area (Å²) in [5, 5.41) is 22.5. The minimum atomic E-state index is 0.0159. The summed E-state index contributed by atoms with van der Waals surface area (Å²) >= 11 is 0. The van der Waals surface area contributed by atoms with Crippen LogP contribution in [0.4, 0.5) is 0 Å². The lowest BCUT2D eigenvalue weighted by Gasteiger charge is -2.02. The molecule has 0 fully saturated rings. The smallest absolute Gasteiger partial charge is 0.155 e. The molecule has 0 saturated carbocycles. The van der Waals surface area contributed by atoms with Crippen LogP contribution in [0.5, 0.6) is 5.75 Å². The predicted octanol–water partition coefficient (Wildman–Crippen LogP) is 2.34. The number of H-pyrrole nitrogens is 1. The molecule has 0 radical (unpaired) electrons. The van der Waals surface area contributed by atoms with E-state index in [2.05, 4.69) is 15.3 Å². The third-order valence-electron chi connectivity index (χ3n) is 4.50. The number of hydrogen-bond acceptors (Lipinski definition) is 5. The average molecular weight is 363 g/mol. The largest absolute Gasteiger partial charge is 0.497 e. The minimum absolute atomic E-state index is 0.0159. The monoisotopic (exact) mass is 363 g/mol. The number of nitrogens with zero attached hydrogens (tertiary/aromatic N) is 4. The lowest BCUT2D eigenvalue weighted by molar-refractivity contribution is 0.267. The molecule has 0 saturated heterocycles. The van der Waals surface area contributed by atoms with Gasteiger partial charge < -0.3 is 9.84 Å². The molecule has 138 valence electrons. The second kappa shape index (κ2) is 7.59. The van der Waals surface area contributed by atoms with Gasteiger partial charge in [-0.1, -0.05) is 30.3 Å². The van der Waals surface area contributed by atoms with Crippen molar-refractivity contribution in [3.05, 3.63) is 71.4 Å². The van der Waals surface area contributed by atoms with Crippen LogP contribution >= 0.6 is 0 Å². The van der Waals surface area contributed by atoms with Gasteiger partial charge in [-0.3, -0.25) is 5.10 Å². The normalized spacial score (nSPS) is 11.2. The van der Waals surface area contributed by atoms with Crippen molar-refractivity contribution in [2.24, 2.45) is 0 Å². The van der Waals surface area contributed by atoms with Crippen molar-refractivity contribution in [2.45, 2.75) is 19.4 Å². The third kappa shape index (κ3) is 3.68. The van der Waals surface area contributed by atoms with Crippen LogP contribution in [-0.4, -0.2) is 43.8 Å². The van der Waals surface area contributed by atoms with Crippen LogP contribution in [0.15, 0.2) is 48.5 Å². The Bertz CT molecular complexity index is 1040. The fourth-order valence-electron chi connectivity index (χ4n) is 3.14. The fraction of sp³-hybridized carbons (Fsp3) is 0.250. The maximum Gasteiger partial charge on any atom is 0.155 e. The zero-order valence-corrected chi connectivity index (χ0v) is 15.1. The molecule has 0 aliphatic rings. The number of fused-ring (bicyclic) bond motifs is 1. The number of benzene rings is 2. The number of para-hydroxylation sites is 1. The van der Waals surface area contributed by atoms with Gasteiger partial charge >= 0.3 is 0 Å². The molecule has 0 aliphatic heterocycles. The van der Waals surface area contributed by atoms with Gasteiger partial charge in [0.15, 0.2) is 5.82 Å². The fourth-order valence-corrected chi connectivity index (χ4v) is 3.14. The molecule has 2 heterocycles. The van der Waals surface area contributed by atoms with Gasteiger partial charge in [-0.15, -0.1) is 0 Å². The van der Waals surface area contributed by atoms with Crippen LogP contribution in [0.3, 0.4) is 0 Å². The second-order valence-corrected chi connectivity index (χ2v) is 6.31. The number of aliphatic hydroxyl groups excluding tert-OH is 1.